The summed E-state index contributed by atoms with van der Waals surface area (Å²) in [5, 5.41) is 9.68. The number of aliphatic carboxylic acids is 1. The first kappa shape index (κ1) is 15.2. The lowest BCUT2D eigenvalue weighted by molar-refractivity contribution is -0.141. The van der Waals surface area contributed by atoms with Gasteiger partial charge < -0.3 is 10.0 Å². The molecule has 6 heteroatoms. The van der Waals surface area contributed by atoms with E-state index in [1.54, 1.807) is 24.3 Å². The lowest BCUT2D eigenvalue weighted by atomic mass is 10.1. The number of hydrogen-bond donors (Lipinski definition) is 1. The number of carboxylic acid groups (broad SMARTS) is 1. The number of carbonyl (C=O) groups excluding carboxylic acids is 1. The number of halogens is 1. The molecule has 4 nitrogen and oxygen atoms in total. The highest BCUT2D eigenvalue weighted by molar-refractivity contribution is 8.00. The topological polar surface area (TPSA) is 57.6 Å². The molecule has 0 bridgehead atoms. The van der Waals surface area contributed by atoms with Gasteiger partial charge in [0.05, 0.1) is 5.37 Å². The molecule has 0 aliphatic carbocycles. The van der Waals surface area contributed by atoms with Crippen molar-refractivity contribution < 1.29 is 14.7 Å². The Morgan fingerprint density at radius 1 is 1.50 bits per heavy atom. The van der Waals surface area contributed by atoms with Crippen molar-refractivity contribution in [2.75, 3.05) is 5.75 Å². The fourth-order valence-electron chi connectivity index (χ4n) is 2.27. The van der Waals surface area contributed by atoms with E-state index in [0.717, 1.165) is 12.8 Å². The van der Waals surface area contributed by atoms with Gasteiger partial charge in [-0.3, -0.25) is 4.79 Å². The number of carbonyl (C=O) groups is 2. The van der Waals surface area contributed by atoms with Crippen LogP contribution < -0.4 is 0 Å². The highest BCUT2D eigenvalue weighted by Gasteiger charge is 2.41. The van der Waals surface area contributed by atoms with Crippen molar-refractivity contribution in [3.8, 4) is 0 Å². The van der Waals surface area contributed by atoms with Crippen LogP contribution in [0.2, 0.25) is 5.02 Å². The van der Waals surface area contributed by atoms with Gasteiger partial charge >= 0.3 is 5.97 Å². The zero-order chi connectivity index (χ0) is 14.7. The molecule has 1 saturated heterocycles. The summed E-state index contributed by atoms with van der Waals surface area (Å²) in [5.41, 5.74) is 0.437. The zero-order valence-electron chi connectivity index (χ0n) is 11.1. The maximum atomic E-state index is 12.6. The minimum atomic E-state index is -0.952. The van der Waals surface area contributed by atoms with Crippen molar-refractivity contribution >= 4 is 35.2 Å². The van der Waals surface area contributed by atoms with Gasteiger partial charge in [-0.15, -0.1) is 11.8 Å². The number of nitrogens with zero attached hydrogens (tertiary/aromatic N) is 1. The standard InChI is InChI=1S/C14H16ClNO3S/c1-2-4-12-16(11(8-20-12)14(18)19)13(17)9-5-3-6-10(15)7-9/h3,5-7,11-12H,2,4,8H2,1H3,(H,18,19). The van der Waals surface area contributed by atoms with E-state index >= 15 is 0 Å². The molecule has 1 fully saturated rings. The van der Waals surface area contributed by atoms with Crippen LogP contribution in [0, 0.1) is 0 Å². The van der Waals surface area contributed by atoms with Gasteiger partial charge in [-0.25, -0.2) is 4.79 Å². The van der Waals surface area contributed by atoms with Gasteiger partial charge in [-0.05, 0) is 24.6 Å². The molecule has 1 aliphatic heterocycles. The molecule has 2 atom stereocenters. The lowest BCUT2D eigenvalue weighted by Crippen LogP contribution is -2.45. The van der Waals surface area contributed by atoms with Crippen LogP contribution in [0.25, 0.3) is 0 Å². The van der Waals surface area contributed by atoms with Gasteiger partial charge in [-0.1, -0.05) is 31.0 Å². The third kappa shape index (κ3) is 3.10. The van der Waals surface area contributed by atoms with Gasteiger partial charge in [0.1, 0.15) is 6.04 Å². The third-order valence-corrected chi connectivity index (χ3v) is 4.81. The van der Waals surface area contributed by atoms with Crippen LogP contribution in [0.1, 0.15) is 30.1 Å². The number of amides is 1. The predicted octanol–water partition coefficient (Wildman–Crippen LogP) is 3.11. The molecule has 0 spiro atoms. The molecule has 0 aromatic heterocycles. The van der Waals surface area contributed by atoms with E-state index in [-0.39, 0.29) is 11.3 Å². The number of hydrogen-bond acceptors (Lipinski definition) is 3. The maximum absolute atomic E-state index is 12.6. The Bertz CT molecular complexity index is 523. The lowest BCUT2D eigenvalue weighted by Gasteiger charge is -2.27. The average molecular weight is 314 g/mol. The summed E-state index contributed by atoms with van der Waals surface area (Å²) in [4.78, 5) is 25.4. The molecule has 2 unspecified atom stereocenters. The molecule has 20 heavy (non-hydrogen) atoms. The Morgan fingerprint density at radius 2 is 2.25 bits per heavy atom. The summed E-state index contributed by atoms with van der Waals surface area (Å²) >= 11 is 7.43. The van der Waals surface area contributed by atoms with Crippen molar-refractivity contribution in [1.82, 2.24) is 4.90 Å². The van der Waals surface area contributed by atoms with E-state index in [9.17, 15) is 14.7 Å². The molecule has 1 aromatic rings. The first-order chi connectivity index (χ1) is 9.54. The Labute approximate surface area is 127 Å². The molecule has 1 N–H and O–H groups in total. The van der Waals surface area contributed by atoms with Gasteiger partial charge in [0.2, 0.25) is 0 Å². The normalized spacial score (nSPS) is 22.0. The van der Waals surface area contributed by atoms with Gasteiger partial charge in [-0.2, -0.15) is 0 Å². The second-order valence-electron chi connectivity index (χ2n) is 4.65. The smallest absolute Gasteiger partial charge is 0.327 e. The predicted molar refractivity (Wildman–Crippen MR) is 80.2 cm³/mol. The van der Waals surface area contributed by atoms with E-state index in [1.807, 2.05) is 6.92 Å². The second-order valence-corrected chi connectivity index (χ2v) is 6.30. The number of benzene rings is 1. The molecule has 0 radical (unpaired) electrons. The minimum absolute atomic E-state index is 0.0763. The van der Waals surface area contributed by atoms with Crippen LogP contribution in [0.4, 0.5) is 0 Å². The number of thioether (sulfide) groups is 1. The van der Waals surface area contributed by atoms with E-state index < -0.39 is 12.0 Å². The summed E-state index contributed by atoms with van der Waals surface area (Å²) in [6.07, 6.45) is 1.70. The van der Waals surface area contributed by atoms with Crippen molar-refractivity contribution in [3.63, 3.8) is 0 Å². The molecular formula is C14H16ClNO3S. The third-order valence-electron chi connectivity index (χ3n) is 3.22. The summed E-state index contributed by atoms with van der Waals surface area (Å²) in [6, 6.07) is 5.87. The van der Waals surface area contributed by atoms with Gasteiger partial charge in [0.25, 0.3) is 5.91 Å². The Morgan fingerprint density at radius 3 is 2.85 bits per heavy atom. The van der Waals surface area contributed by atoms with Gasteiger partial charge in [0.15, 0.2) is 0 Å². The minimum Gasteiger partial charge on any atom is -0.480 e. The second kappa shape index (κ2) is 6.50. The quantitative estimate of drug-likeness (QED) is 0.928. The van der Waals surface area contributed by atoms with Crippen molar-refractivity contribution in [3.05, 3.63) is 34.9 Å². The molecule has 108 valence electrons. The van der Waals surface area contributed by atoms with Crippen molar-refractivity contribution in [2.24, 2.45) is 0 Å². The Hall–Kier alpha value is -1.20. The monoisotopic (exact) mass is 313 g/mol. The average Bonchev–Trinajstić information content (AvgIpc) is 2.82. The summed E-state index contributed by atoms with van der Waals surface area (Å²) in [7, 11) is 0. The number of rotatable bonds is 4. The van der Waals surface area contributed by atoms with Crippen molar-refractivity contribution in [1.29, 1.82) is 0 Å². The Balaban J connectivity index is 2.29. The summed E-state index contributed by atoms with van der Waals surface area (Å²) < 4.78 is 0. The molecule has 1 aromatic carbocycles. The van der Waals surface area contributed by atoms with Crippen LogP contribution in [0.3, 0.4) is 0 Å². The molecule has 0 saturated carbocycles. The Kier molecular flexibility index (Phi) is 4.94. The van der Waals surface area contributed by atoms with Crippen molar-refractivity contribution in [2.45, 2.75) is 31.2 Å². The first-order valence-corrected chi connectivity index (χ1v) is 7.90. The molecule has 1 heterocycles. The number of carboxylic acids is 1. The van der Waals surface area contributed by atoms with Crippen LogP contribution in [0.15, 0.2) is 24.3 Å². The van der Waals surface area contributed by atoms with E-state index in [0.29, 0.717) is 16.3 Å². The first-order valence-electron chi connectivity index (χ1n) is 6.47. The molecular weight excluding hydrogens is 298 g/mol. The zero-order valence-corrected chi connectivity index (χ0v) is 12.7. The summed E-state index contributed by atoms with van der Waals surface area (Å²) in [6.45, 7) is 2.02. The van der Waals surface area contributed by atoms with Crippen LogP contribution in [-0.4, -0.2) is 39.1 Å². The highest BCUT2D eigenvalue weighted by Crippen LogP contribution is 2.33. The van der Waals surface area contributed by atoms with Gasteiger partial charge in [0, 0.05) is 16.3 Å². The fourth-order valence-corrected chi connectivity index (χ4v) is 3.97. The van der Waals surface area contributed by atoms with E-state index in [1.165, 1.54) is 16.7 Å². The highest BCUT2D eigenvalue weighted by atomic mass is 35.5. The fraction of sp³-hybridized carbons (Fsp3) is 0.429. The maximum Gasteiger partial charge on any atom is 0.327 e. The molecule has 1 aliphatic rings. The summed E-state index contributed by atoms with van der Waals surface area (Å²) in [5.74, 6) is -0.776. The van der Waals surface area contributed by atoms with E-state index in [4.69, 9.17) is 11.6 Å². The van der Waals surface area contributed by atoms with Crippen LogP contribution in [-0.2, 0) is 4.79 Å². The SMILES string of the molecule is CCCC1SCC(C(=O)O)N1C(=O)c1cccc(Cl)c1. The molecule has 2 rings (SSSR count). The molecule has 1 amide bonds. The van der Waals surface area contributed by atoms with Crippen LogP contribution in [0.5, 0.6) is 0 Å². The van der Waals surface area contributed by atoms with E-state index in [2.05, 4.69) is 0 Å². The largest absolute Gasteiger partial charge is 0.480 e. The van der Waals surface area contributed by atoms with Crippen LogP contribution >= 0.6 is 23.4 Å².